The number of nitrogens with zero attached hydrogens (tertiary/aromatic N) is 1. The van der Waals surface area contributed by atoms with E-state index in [1.54, 1.807) is 13.4 Å². The Morgan fingerprint density at radius 3 is 2.85 bits per heavy atom. The van der Waals surface area contributed by atoms with Crippen LogP contribution in [-0.4, -0.2) is 23.7 Å². The molecule has 0 saturated carbocycles. The van der Waals surface area contributed by atoms with Crippen LogP contribution in [0.25, 0.3) is 0 Å². The second kappa shape index (κ2) is 7.31. The summed E-state index contributed by atoms with van der Waals surface area (Å²) in [6.45, 7) is 4.03. The normalized spacial score (nSPS) is 10.6. The van der Waals surface area contributed by atoms with Crippen LogP contribution in [0.5, 0.6) is 11.5 Å². The van der Waals surface area contributed by atoms with Crippen LogP contribution in [-0.2, 0) is 13.1 Å². The highest BCUT2D eigenvalue weighted by Crippen LogP contribution is 2.36. The number of rotatable bonds is 7. The Labute approximate surface area is 126 Å². The van der Waals surface area contributed by atoms with Gasteiger partial charge in [-0.1, -0.05) is 0 Å². The highest BCUT2D eigenvalue weighted by Gasteiger charge is 2.11. The van der Waals surface area contributed by atoms with E-state index in [1.807, 2.05) is 25.3 Å². The Morgan fingerprint density at radius 2 is 2.20 bits per heavy atom. The molecule has 2 aromatic rings. The van der Waals surface area contributed by atoms with Crippen molar-refractivity contribution in [3.05, 3.63) is 40.4 Å². The van der Waals surface area contributed by atoms with E-state index in [4.69, 9.17) is 9.47 Å². The average Bonchev–Trinajstić information content (AvgIpc) is 2.94. The van der Waals surface area contributed by atoms with Gasteiger partial charge < -0.3 is 19.8 Å². The van der Waals surface area contributed by atoms with Crippen molar-refractivity contribution >= 4 is 15.9 Å². The van der Waals surface area contributed by atoms with Gasteiger partial charge in [0, 0.05) is 25.0 Å². The molecule has 1 aromatic carbocycles. The first-order chi connectivity index (χ1) is 9.74. The third-order valence-electron chi connectivity index (χ3n) is 2.78. The summed E-state index contributed by atoms with van der Waals surface area (Å²) < 4.78 is 11.8. The molecule has 0 atom stereocenters. The molecule has 5 nitrogen and oxygen atoms in total. The van der Waals surface area contributed by atoms with Gasteiger partial charge in [0.25, 0.3) is 0 Å². The van der Waals surface area contributed by atoms with Gasteiger partial charge in [-0.25, -0.2) is 4.98 Å². The Morgan fingerprint density at radius 1 is 1.35 bits per heavy atom. The number of methoxy groups -OCH3 is 1. The maximum atomic E-state index is 5.57. The number of H-pyrrole nitrogens is 1. The molecule has 108 valence electrons. The molecule has 0 aliphatic rings. The Bertz CT molecular complexity index is 544. The largest absolute Gasteiger partial charge is 0.493 e. The SMILES string of the molecule is CCOc1c(Br)cc(CNCc2cnc[nH]2)cc1OC. The number of halogens is 1. The standard InChI is InChI=1S/C14H18BrN3O2/c1-3-20-14-12(15)4-10(5-13(14)19-2)6-16-7-11-8-17-9-18-11/h4-5,8-9,16H,3,6-7H2,1-2H3,(H,17,18). The number of hydrogen-bond acceptors (Lipinski definition) is 4. The fraction of sp³-hybridized carbons (Fsp3) is 0.357. The van der Waals surface area contributed by atoms with Crippen molar-refractivity contribution in [2.45, 2.75) is 20.0 Å². The molecule has 0 bridgehead atoms. The molecule has 1 heterocycles. The Kier molecular flexibility index (Phi) is 5.43. The molecule has 0 aliphatic carbocycles. The van der Waals surface area contributed by atoms with Crippen molar-refractivity contribution in [1.29, 1.82) is 0 Å². The average molecular weight is 340 g/mol. The lowest BCUT2D eigenvalue weighted by Gasteiger charge is -2.13. The van der Waals surface area contributed by atoms with Crippen molar-refractivity contribution < 1.29 is 9.47 Å². The van der Waals surface area contributed by atoms with Gasteiger partial charge >= 0.3 is 0 Å². The van der Waals surface area contributed by atoms with Crippen LogP contribution in [0.3, 0.4) is 0 Å². The second-order valence-electron chi connectivity index (χ2n) is 4.22. The molecule has 1 aromatic heterocycles. The number of nitrogens with one attached hydrogen (secondary N) is 2. The summed E-state index contributed by atoms with van der Waals surface area (Å²) in [5.41, 5.74) is 2.18. The number of aromatic nitrogens is 2. The van der Waals surface area contributed by atoms with E-state index in [9.17, 15) is 0 Å². The molecule has 0 saturated heterocycles. The quantitative estimate of drug-likeness (QED) is 0.814. The van der Waals surface area contributed by atoms with E-state index in [0.29, 0.717) is 6.61 Å². The highest BCUT2D eigenvalue weighted by atomic mass is 79.9. The number of hydrogen-bond donors (Lipinski definition) is 2. The van der Waals surface area contributed by atoms with E-state index in [-0.39, 0.29) is 0 Å². The third kappa shape index (κ3) is 3.74. The van der Waals surface area contributed by atoms with Crippen LogP contribution in [0, 0.1) is 0 Å². The first-order valence-corrected chi connectivity index (χ1v) is 7.21. The van der Waals surface area contributed by atoms with Crippen LogP contribution in [0.1, 0.15) is 18.2 Å². The van der Waals surface area contributed by atoms with E-state index in [0.717, 1.165) is 40.3 Å². The summed E-state index contributed by atoms with van der Waals surface area (Å²) in [5, 5.41) is 3.35. The molecule has 0 radical (unpaired) electrons. The predicted molar refractivity (Wildman–Crippen MR) is 81.0 cm³/mol. The predicted octanol–water partition coefficient (Wildman–Crippen LogP) is 2.87. The van der Waals surface area contributed by atoms with Gasteiger partial charge in [0.1, 0.15) is 0 Å². The van der Waals surface area contributed by atoms with E-state index >= 15 is 0 Å². The molecule has 2 N–H and O–H groups in total. The van der Waals surface area contributed by atoms with Gasteiger partial charge in [0.2, 0.25) is 0 Å². The number of aromatic amines is 1. The minimum Gasteiger partial charge on any atom is -0.493 e. The zero-order valence-corrected chi connectivity index (χ0v) is 13.2. The Hall–Kier alpha value is -1.53. The van der Waals surface area contributed by atoms with Crippen LogP contribution < -0.4 is 14.8 Å². The summed E-state index contributed by atoms with van der Waals surface area (Å²) >= 11 is 3.52. The molecule has 0 spiro atoms. The van der Waals surface area contributed by atoms with Crippen LogP contribution in [0.2, 0.25) is 0 Å². The topological polar surface area (TPSA) is 59.2 Å². The van der Waals surface area contributed by atoms with E-state index in [1.165, 1.54) is 0 Å². The number of ether oxygens (including phenoxy) is 2. The van der Waals surface area contributed by atoms with Crippen LogP contribution in [0.4, 0.5) is 0 Å². The maximum Gasteiger partial charge on any atom is 0.175 e. The maximum absolute atomic E-state index is 5.57. The molecule has 20 heavy (non-hydrogen) atoms. The molecule has 0 fully saturated rings. The van der Waals surface area contributed by atoms with Crippen LogP contribution in [0.15, 0.2) is 29.1 Å². The summed E-state index contributed by atoms with van der Waals surface area (Å²) in [4.78, 5) is 7.04. The molecule has 6 heteroatoms. The zero-order chi connectivity index (χ0) is 14.4. The third-order valence-corrected chi connectivity index (χ3v) is 3.37. The Balaban J connectivity index is 2.02. The lowest BCUT2D eigenvalue weighted by molar-refractivity contribution is 0.308. The summed E-state index contributed by atoms with van der Waals surface area (Å²) in [6, 6.07) is 4.02. The summed E-state index contributed by atoms with van der Waals surface area (Å²) in [7, 11) is 1.64. The first-order valence-electron chi connectivity index (χ1n) is 6.41. The first kappa shape index (κ1) is 14.9. The molecule has 0 unspecified atom stereocenters. The van der Waals surface area contributed by atoms with Gasteiger partial charge in [0.15, 0.2) is 11.5 Å². The highest BCUT2D eigenvalue weighted by molar-refractivity contribution is 9.10. The second-order valence-corrected chi connectivity index (χ2v) is 5.08. The molecule has 0 aliphatic heterocycles. The summed E-state index contributed by atoms with van der Waals surface area (Å²) in [5.74, 6) is 1.48. The van der Waals surface area contributed by atoms with Gasteiger partial charge in [-0.15, -0.1) is 0 Å². The molecular formula is C14H18BrN3O2. The molecule has 2 rings (SSSR count). The van der Waals surface area contributed by atoms with Gasteiger partial charge in [0.05, 0.1) is 24.5 Å². The van der Waals surface area contributed by atoms with Gasteiger partial charge in [-0.2, -0.15) is 0 Å². The van der Waals surface area contributed by atoms with Crippen molar-refractivity contribution in [2.24, 2.45) is 0 Å². The van der Waals surface area contributed by atoms with Crippen molar-refractivity contribution in [1.82, 2.24) is 15.3 Å². The van der Waals surface area contributed by atoms with Gasteiger partial charge in [-0.3, -0.25) is 0 Å². The fourth-order valence-electron chi connectivity index (χ4n) is 1.88. The summed E-state index contributed by atoms with van der Waals surface area (Å²) in [6.07, 6.45) is 3.48. The number of imidazole rings is 1. The lowest BCUT2D eigenvalue weighted by Crippen LogP contribution is -2.13. The van der Waals surface area contributed by atoms with Crippen LogP contribution >= 0.6 is 15.9 Å². The van der Waals surface area contributed by atoms with Crippen molar-refractivity contribution in [3.8, 4) is 11.5 Å². The lowest BCUT2D eigenvalue weighted by atomic mass is 10.2. The van der Waals surface area contributed by atoms with E-state index in [2.05, 4.69) is 31.2 Å². The fourth-order valence-corrected chi connectivity index (χ4v) is 2.49. The number of benzene rings is 1. The monoisotopic (exact) mass is 339 g/mol. The minimum atomic E-state index is 0.604. The van der Waals surface area contributed by atoms with E-state index < -0.39 is 0 Å². The smallest absolute Gasteiger partial charge is 0.175 e. The zero-order valence-electron chi connectivity index (χ0n) is 11.6. The van der Waals surface area contributed by atoms with Gasteiger partial charge in [-0.05, 0) is 40.5 Å². The molecule has 0 amide bonds. The van der Waals surface area contributed by atoms with Crippen molar-refractivity contribution in [3.63, 3.8) is 0 Å². The van der Waals surface area contributed by atoms with Crippen molar-refractivity contribution in [2.75, 3.05) is 13.7 Å². The minimum absolute atomic E-state index is 0.604. The molecular weight excluding hydrogens is 322 g/mol.